The number of amides is 1. The van der Waals surface area contributed by atoms with Gasteiger partial charge in [-0.25, -0.2) is 4.79 Å². The van der Waals surface area contributed by atoms with Gasteiger partial charge in [0.15, 0.2) is 5.17 Å². The number of carbonyl (C=O) groups excluding carboxylic acids is 2. The van der Waals surface area contributed by atoms with Crippen LogP contribution in [0.1, 0.15) is 34.2 Å². The van der Waals surface area contributed by atoms with Gasteiger partial charge in [0.25, 0.3) is 5.91 Å². The molecule has 0 aliphatic carbocycles. The second-order valence-electron chi connectivity index (χ2n) is 8.57. The first-order chi connectivity index (χ1) is 18.6. The highest BCUT2D eigenvalue weighted by atomic mass is 32.2. The van der Waals surface area contributed by atoms with Crippen LogP contribution in [0.25, 0.3) is 17.4 Å². The van der Waals surface area contributed by atoms with E-state index in [1.54, 1.807) is 30.0 Å². The Hall–Kier alpha value is -4.36. The lowest BCUT2D eigenvalue weighted by Gasteiger charge is -2.15. The van der Waals surface area contributed by atoms with Crippen molar-refractivity contribution in [2.75, 3.05) is 6.61 Å². The molecule has 4 aromatic rings. The zero-order valence-electron chi connectivity index (χ0n) is 20.9. The van der Waals surface area contributed by atoms with E-state index in [2.05, 4.69) is 0 Å². The zero-order chi connectivity index (χ0) is 26.3. The van der Waals surface area contributed by atoms with Crippen molar-refractivity contribution in [3.05, 3.63) is 124 Å². The Balaban J connectivity index is 1.37. The summed E-state index contributed by atoms with van der Waals surface area (Å²) in [6.45, 7) is 3.03. The Labute approximate surface area is 225 Å². The minimum atomic E-state index is -0.356. The summed E-state index contributed by atoms with van der Waals surface area (Å²) in [5.74, 6) is 0.740. The molecule has 1 fully saturated rings. The lowest BCUT2D eigenvalue weighted by molar-refractivity contribution is -0.122. The van der Waals surface area contributed by atoms with Gasteiger partial charge >= 0.3 is 5.97 Å². The van der Waals surface area contributed by atoms with Crippen molar-refractivity contribution in [1.82, 2.24) is 4.90 Å². The number of hydrogen-bond acceptors (Lipinski definition) is 6. The highest BCUT2D eigenvalue weighted by molar-refractivity contribution is 8.18. The standard InChI is InChI=1S/C31H26N2O4S/c1-2-36-30(35)25-15-13-24(14-16-25)27-18-17-26(37-27)19-28-29(34)33(21-23-11-7-4-8-12-23)31(38-28)32-20-22-9-5-3-6-10-22/h3-19H,2,20-21H2,1H3/b28-19+,32-31?. The van der Waals surface area contributed by atoms with E-state index in [1.807, 2.05) is 84.9 Å². The topological polar surface area (TPSA) is 72.1 Å². The largest absolute Gasteiger partial charge is 0.462 e. The van der Waals surface area contributed by atoms with Gasteiger partial charge in [0.1, 0.15) is 11.5 Å². The lowest BCUT2D eigenvalue weighted by Crippen LogP contribution is -2.28. The summed E-state index contributed by atoms with van der Waals surface area (Å²) < 4.78 is 11.1. The molecule has 7 heteroatoms. The number of thioether (sulfide) groups is 1. The van der Waals surface area contributed by atoms with Crippen LogP contribution in [0.2, 0.25) is 0 Å². The van der Waals surface area contributed by atoms with Crippen LogP contribution in [0.3, 0.4) is 0 Å². The molecule has 5 rings (SSSR count). The van der Waals surface area contributed by atoms with E-state index < -0.39 is 0 Å². The normalized spacial score (nSPS) is 15.4. The summed E-state index contributed by atoms with van der Waals surface area (Å²) in [6, 6.07) is 30.6. The van der Waals surface area contributed by atoms with Crippen LogP contribution in [0.5, 0.6) is 0 Å². The van der Waals surface area contributed by atoms with Gasteiger partial charge in [-0.1, -0.05) is 72.8 Å². The van der Waals surface area contributed by atoms with E-state index in [0.717, 1.165) is 16.7 Å². The second kappa shape index (κ2) is 11.8. The molecule has 0 radical (unpaired) electrons. The molecule has 0 spiro atoms. The van der Waals surface area contributed by atoms with E-state index in [-0.39, 0.29) is 11.9 Å². The third kappa shape index (κ3) is 5.95. The van der Waals surface area contributed by atoms with E-state index in [9.17, 15) is 9.59 Å². The third-order valence-electron chi connectivity index (χ3n) is 5.89. The summed E-state index contributed by atoms with van der Waals surface area (Å²) in [7, 11) is 0. The number of furan rings is 1. The van der Waals surface area contributed by atoms with Gasteiger partial charge in [-0.15, -0.1) is 0 Å². The van der Waals surface area contributed by atoms with E-state index >= 15 is 0 Å². The van der Waals surface area contributed by atoms with Crippen molar-refractivity contribution < 1.29 is 18.7 Å². The Kier molecular flexibility index (Phi) is 7.85. The Morgan fingerprint density at radius 3 is 2.29 bits per heavy atom. The SMILES string of the molecule is CCOC(=O)c1ccc(-c2ccc(/C=C3/SC(=NCc4ccccc4)N(Cc4ccccc4)C3=O)o2)cc1. The number of ether oxygens (including phenoxy) is 1. The van der Waals surface area contributed by atoms with Crippen molar-refractivity contribution in [3.63, 3.8) is 0 Å². The molecule has 1 aliphatic rings. The van der Waals surface area contributed by atoms with Crippen LogP contribution in [0.15, 0.2) is 111 Å². The van der Waals surface area contributed by atoms with Crippen molar-refractivity contribution >= 4 is 34.9 Å². The van der Waals surface area contributed by atoms with Crippen LogP contribution in [0, 0.1) is 0 Å². The first kappa shape index (κ1) is 25.3. The molecule has 1 amide bonds. The molecular formula is C31H26N2O4S. The van der Waals surface area contributed by atoms with Crippen molar-refractivity contribution in [2.24, 2.45) is 4.99 Å². The maximum Gasteiger partial charge on any atom is 0.338 e. The number of hydrogen-bond donors (Lipinski definition) is 0. The first-order valence-electron chi connectivity index (χ1n) is 12.3. The molecule has 2 heterocycles. The summed E-state index contributed by atoms with van der Waals surface area (Å²) >= 11 is 1.35. The summed E-state index contributed by atoms with van der Waals surface area (Å²) in [4.78, 5) is 32.4. The fourth-order valence-electron chi connectivity index (χ4n) is 3.97. The quantitative estimate of drug-likeness (QED) is 0.188. The van der Waals surface area contributed by atoms with Gasteiger partial charge in [0.05, 0.1) is 30.2 Å². The number of esters is 1. The molecule has 3 aromatic carbocycles. The number of carbonyl (C=O) groups is 2. The molecule has 0 N–H and O–H groups in total. The fourth-order valence-corrected chi connectivity index (χ4v) is 4.93. The molecule has 0 bridgehead atoms. The predicted octanol–water partition coefficient (Wildman–Crippen LogP) is 6.80. The molecule has 1 aromatic heterocycles. The van der Waals surface area contributed by atoms with Crippen LogP contribution in [-0.4, -0.2) is 28.6 Å². The second-order valence-corrected chi connectivity index (χ2v) is 9.58. The molecule has 0 saturated carbocycles. The van der Waals surface area contributed by atoms with Crippen molar-refractivity contribution in [2.45, 2.75) is 20.0 Å². The number of aliphatic imine (C=N–C) groups is 1. The summed E-state index contributed by atoms with van der Waals surface area (Å²) in [5.41, 5.74) is 3.42. The zero-order valence-corrected chi connectivity index (χ0v) is 21.7. The molecule has 0 atom stereocenters. The molecule has 1 aliphatic heterocycles. The summed E-state index contributed by atoms with van der Waals surface area (Å²) in [5, 5.41) is 0.662. The first-order valence-corrected chi connectivity index (χ1v) is 13.1. The smallest absolute Gasteiger partial charge is 0.338 e. The van der Waals surface area contributed by atoms with Crippen LogP contribution in [-0.2, 0) is 22.6 Å². The van der Waals surface area contributed by atoms with Gasteiger partial charge in [0.2, 0.25) is 0 Å². The molecule has 1 saturated heterocycles. The minimum Gasteiger partial charge on any atom is -0.462 e. The lowest BCUT2D eigenvalue weighted by atomic mass is 10.1. The predicted molar refractivity (Wildman–Crippen MR) is 150 cm³/mol. The van der Waals surface area contributed by atoms with Crippen molar-refractivity contribution in [3.8, 4) is 11.3 Å². The van der Waals surface area contributed by atoms with Crippen molar-refractivity contribution in [1.29, 1.82) is 0 Å². The third-order valence-corrected chi connectivity index (χ3v) is 6.94. The molecule has 6 nitrogen and oxygen atoms in total. The van der Waals surface area contributed by atoms with E-state index in [1.165, 1.54) is 11.8 Å². The number of rotatable bonds is 8. The highest BCUT2D eigenvalue weighted by Gasteiger charge is 2.33. The van der Waals surface area contributed by atoms with Gasteiger partial charge < -0.3 is 9.15 Å². The monoisotopic (exact) mass is 522 g/mol. The Morgan fingerprint density at radius 2 is 1.61 bits per heavy atom. The average molecular weight is 523 g/mol. The van der Waals surface area contributed by atoms with Crippen LogP contribution < -0.4 is 0 Å². The Morgan fingerprint density at radius 1 is 0.921 bits per heavy atom. The van der Waals surface area contributed by atoms with Crippen LogP contribution in [0.4, 0.5) is 0 Å². The molecule has 38 heavy (non-hydrogen) atoms. The molecule has 0 unspecified atom stereocenters. The minimum absolute atomic E-state index is 0.109. The van der Waals surface area contributed by atoms with Gasteiger partial charge in [0, 0.05) is 11.6 Å². The summed E-state index contributed by atoms with van der Waals surface area (Å²) in [6.07, 6.45) is 1.76. The maximum atomic E-state index is 13.4. The molecular weight excluding hydrogens is 496 g/mol. The Bertz CT molecular complexity index is 1480. The van der Waals surface area contributed by atoms with Crippen LogP contribution >= 0.6 is 11.8 Å². The van der Waals surface area contributed by atoms with E-state index in [0.29, 0.717) is 46.9 Å². The fraction of sp³-hybridized carbons (Fsp3) is 0.129. The van der Waals surface area contributed by atoms with E-state index in [4.69, 9.17) is 14.1 Å². The number of benzene rings is 3. The average Bonchev–Trinajstić information content (AvgIpc) is 3.54. The van der Waals surface area contributed by atoms with Gasteiger partial charge in [-0.05, 0) is 54.1 Å². The maximum absolute atomic E-state index is 13.4. The molecule has 190 valence electrons. The highest BCUT2D eigenvalue weighted by Crippen LogP contribution is 2.35. The van der Waals surface area contributed by atoms with Gasteiger partial charge in [-0.2, -0.15) is 0 Å². The number of amidine groups is 1. The number of nitrogens with zero attached hydrogens (tertiary/aromatic N) is 2. The van der Waals surface area contributed by atoms with Gasteiger partial charge in [-0.3, -0.25) is 14.7 Å².